The van der Waals surface area contributed by atoms with E-state index in [9.17, 15) is 27.2 Å². The van der Waals surface area contributed by atoms with Crippen LogP contribution in [0, 0.1) is 17.5 Å². The van der Waals surface area contributed by atoms with Crippen molar-refractivity contribution in [1.29, 1.82) is 0 Å². The number of carbonyl (C=O) groups excluding carboxylic acids is 2. The Bertz CT molecular complexity index is 870. The Morgan fingerprint density at radius 1 is 1.16 bits per heavy atom. The molecule has 1 aliphatic rings. The van der Waals surface area contributed by atoms with Gasteiger partial charge in [-0.25, -0.2) is 17.6 Å². The number of fused-ring (bicyclic) bond motifs is 1. The topological polar surface area (TPSA) is 46.2 Å². The minimum atomic E-state index is -2.08. The fourth-order valence-electron chi connectivity index (χ4n) is 2.84. The molecule has 1 aliphatic carbocycles. The number of rotatable bonds is 3. The lowest BCUT2D eigenvalue weighted by molar-refractivity contribution is -0.127. The van der Waals surface area contributed by atoms with Crippen molar-refractivity contribution in [2.24, 2.45) is 0 Å². The number of ketones is 1. The third-order valence-corrected chi connectivity index (χ3v) is 4.28. The minimum absolute atomic E-state index is 0.120. The van der Waals surface area contributed by atoms with Gasteiger partial charge >= 0.3 is 0 Å². The van der Waals surface area contributed by atoms with E-state index in [1.165, 1.54) is 25.1 Å². The van der Waals surface area contributed by atoms with E-state index < -0.39 is 46.9 Å². The summed E-state index contributed by atoms with van der Waals surface area (Å²) in [6.45, 7) is 0.689. The van der Waals surface area contributed by atoms with Crippen LogP contribution in [0.3, 0.4) is 0 Å². The zero-order valence-electron chi connectivity index (χ0n) is 13.1. The molecule has 0 aliphatic heterocycles. The van der Waals surface area contributed by atoms with E-state index in [1.54, 1.807) is 0 Å². The highest BCUT2D eigenvalue weighted by molar-refractivity contribution is 5.98. The number of hydrogen-bond acceptors (Lipinski definition) is 2. The summed E-state index contributed by atoms with van der Waals surface area (Å²) in [4.78, 5) is 23.8. The first kappa shape index (κ1) is 17.1. The van der Waals surface area contributed by atoms with Crippen LogP contribution in [0.25, 0.3) is 0 Å². The molecule has 3 rings (SSSR count). The van der Waals surface area contributed by atoms with Gasteiger partial charge in [0.15, 0.2) is 11.5 Å². The van der Waals surface area contributed by atoms with Gasteiger partial charge in [-0.1, -0.05) is 6.07 Å². The number of benzene rings is 2. The van der Waals surface area contributed by atoms with Crippen molar-refractivity contribution in [1.82, 2.24) is 5.32 Å². The molecule has 2 aromatic rings. The average molecular weight is 351 g/mol. The average Bonchev–Trinajstić information content (AvgIpc) is 2.75. The summed E-state index contributed by atoms with van der Waals surface area (Å²) in [5, 5.41) is 2.32. The van der Waals surface area contributed by atoms with E-state index >= 15 is 0 Å². The Hall–Kier alpha value is -2.70. The van der Waals surface area contributed by atoms with Crippen LogP contribution in [0.2, 0.25) is 0 Å². The van der Waals surface area contributed by atoms with E-state index in [2.05, 4.69) is 5.32 Å². The maximum atomic E-state index is 14.3. The molecule has 0 radical (unpaired) electrons. The maximum absolute atomic E-state index is 14.3. The van der Waals surface area contributed by atoms with Crippen LogP contribution < -0.4 is 5.32 Å². The van der Waals surface area contributed by atoms with Gasteiger partial charge in [0.05, 0.1) is 0 Å². The minimum Gasteiger partial charge on any atom is -0.348 e. The van der Waals surface area contributed by atoms with Gasteiger partial charge < -0.3 is 5.32 Å². The Balaban J connectivity index is 1.78. The molecule has 0 aromatic heterocycles. The lowest BCUT2D eigenvalue weighted by Gasteiger charge is -2.13. The van der Waals surface area contributed by atoms with Crippen LogP contribution in [0.4, 0.5) is 17.6 Å². The van der Waals surface area contributed by atoms with Gasteiger partial charge in [-0.05, 0) is 30.2 Å². The van der Waals surface area contributed by atoms with Gasteiger partial charge in [-0.15, -0.1) is 0 Å². The third kappa shape index (κ3) is 3.01. The monoisotopic (exact) mass is 351 g/mol. The predicted molar refractivity (Wildman–Crippen MR) is 81.1 cm³/mol. The molecule has 0 heterocycles. The molecular formula is C18H13F4NO2. The summed E-state index contributed by atoms with van der Waals surface area (Å²) >= 11 is 0. The smallest absolute Gasteiger partial charge is 0.251 e. The summed E-state index contributed by atoms with van der Waals surface area (Å²) in [6.07, 6.45) is -0.120. The van der Waals surface area contributed by atoms with Crippen molar-refractivity contribution in [3.05, 3.63) is 70.0 Å². The normalized spacial score (nSPS) is 19.0. The quantitative estimate of drug-likeness (QED) is 0.862. The highest BCUT2D eigenvalue weighted by Crippen LogP contribution is 2.37. The van der Waals surface area contributed by atoms with E-state index in [1.807, 2.05) is 0 Å². The molecule has 2 aromatic carbocycles. The fourth-order valence-corrected chi connectivity index (χ4v) is 2.84. The standard InChI is InChI=1S/C18H13F4NO2/c1-18(22)13-3-2-9(4-10(13)5-16(18)24)17(25)23-8-12-14(20)6-11(19)7-15(12)21/h2-4,6-7H,5,8H2,1H3,(H,23,25). The van der Waals surface area contributed by atoms with Crippen molar-refractivity contribution in [3.63, 3.8) is 0 Å². The zero-order valence-corrected chi connectivity index (χ0v) is 13.1. The largest absolute Gasteiger partial charge is 0.348 e. The molecule has 0 spiro atoms. The van der Waals surface area contributed by atoms with Crippen molar-refractivity contribution in [3.8, 4) is 0 Å². The van der Waals surface area contributed by atoms with Crippen LogP contribution in [-0.4, -0.2) is 11.7 Å². The van der Waals surface area contributed by atoms with Gasteiger partial charge in [-0.2, -0.15) is 0 Å². The SMILES string of the molecule is CC1(F)C(=O)Cc2cc(C(=O)NCc3c(F)cc(F)cc3F)ccc21. The molecule has 25 heavy (non-hydrogen) atoms. The Labute approximate surface area is 140 Å². The lowest BCUT2D eigenvalue weighted by Crippen LogP contribution is -2.24. The van der Waals surface area contributed by atoms with Crippen molar-refractivity contribution in [2.45, 2.75) is 25.6 Å². The summed E-state index contributed by atoms with van der Waals surface area (Å²) in [5.74, 6) is -4.50. The van der Waals surface area contributed by atoms with Gasteiger partial charge in [0.1, 0.15) is 17.5 Å². The van der Waals surface area contributed by atoms with Crippen LogP contribution in [0.15, 0.2) is 30.3 Å². The second kappa shape index (κ2) is 5.98. The summed E-state index contributed by atoms with van der Waals surface area (Å²) in [5.41, 5.74) is -1.80. The fraction of sp³-hybridized carbons (Fsp3) is 0.222. The number of nitrogens with one attached hydrogen (secondary N) is 1. The second-order valence-corrected chi connectivity index (χ2v) is 6.01. The lowest BCUT2D eigenvalue weighted by atomic mass is 9.98. The molecule has 130 valence electrons. The molecule has 0 bridgehead atoms. The first-order valence-electron chi connectivity index (χ1n) is 7.47. The van der Waals surface area contributed by atoms with E-state index in [4.69, 9.17) is 0 Å². The molecule has 1 N–H and O–H groups in total. The van der Waals surface area contributed by atoms with Crippen LogP contribution in [-0.2, 0) is 23.4 Å². The molecule has 1 amide bonds. The molecule has 3 nitrogen and oxygen atoms in total. The number of carbonyl (C=O) groups is 2. The first-order chi connectivity index (χ1) is 11.7. The maximum Gasteiger partial charge on any atom is 0.251 e. The molecule has 1 unspecified atom stereocenters. The van der Waals surface area contributed by atoms with Crippen molar-refractivity contribution < 1.29 is 27.2 Å². The number of amides is 1. The molecule has 7 heteroatoms. The summed E-state index contributed by atoms with van der Waals surface area (Å²) in [7, 11) is 0. The van der Waals surface area contributed by atoms with E-state index in [-0.39, 0.29) is 17.5 Å². The number of hydrogen-bond donors (Lipinski definition) is 1. The third-order valence-electron chi connectivity index (χ3n) is 4.28. The van der Waals surface area contributed by atoms with Gasteiger partial charge in [0.2, 0.25) is 0 Å². The highest BCUT2D eigenvalue weighted by Gasteiger charge is 2.42. The Morgan fingerprint density at radius 3 is 2.44 bits per heavy atom. The highest BCUT2D eigenvalue weighted by atomic mass is 19.2. The molecule has 0 saturated carbocycles. The van der Waals surface area contributed by atoms with Gasteiger partial charge in [0.25, 0.3) is 5.91 Å². The Morgan fingerprint density at radius 2 is 1.80 bits per heavy atom. The predicted octanol–water partition coefficient (Wildman–Crippen LogP) is 3.34. The molecule has 0 saturated heterocycles. The molecule has 1 atom stereocenters. The number of alkyl halides is 1. The van der Waals surface area contributed by atoms with Crippen molar-refractivity contribution in [2.75, 3.05) is 0 Å². The summed E-state index contributed by atoms with van der Waals surface area (Å²) < 4.78 is 54.2. The van der Waals surface area contributed by atoms with Crippen molar-refractivity contribution >= 4 is 11.7 Å². The number of Topliss-reactive ketones (excluding diaryl/α,β-unsaturated/α-hetero) is 1. The van der Waals surface area contributed by atoms with E-state index in [0.29, 0.717) is 17.7 Å². The van der Waals surface area contributed by atoms with Crippen LogP contribution >= 0.6 is 0 Å². The van der Waals surface area contributed by atoms with Crippen LogP contribution in [0.5, 0.6) is 0 Å². The number of halogens is 4. The van der Waals surface area contributed by atoms with Gasteiger partial charge in [-0.3, -0.25) is 9.59 Å². The second-order valence-electron chi connectivity index (χ2n) is 6.01. The van der Waals surface area contributed by atoms with Crippen LogP contribution in [0.1, 0.15) is 34.0 Å². The Kier molecular flexibility index (Phi) is 4.10. The zero-order chi connectivity index (χ0) is 18.4. The van der Waals surface area contributed by atoms with E-state index in [0.717, 1.165) is 0 Å². The summed E-state index contributed by atoms with van der Waals surface area (Å²) in [6, 6.07) is 5.11. The van der Waals surface area contributed by atoms with Gasteiger partial charge in [0, 0.05) is 36.2 Å². The molecule has 0 fully saturated rings. The first-order valence-corrected chi connectivity index (χ1v) is 7.47. The molecular weight excluding hydrogens is 338 g/mol.